The molecule has 2 rings (SSSR count). The maximum absolute atomic E-state index is 12.2. The third-order valence-electron chi connectivity index (χ3n) is 3.23. The predicted molar refractivity (Wildman–Crippen MR) is 63.5 cm³/mol. The van der Waals surface area contributed by atoms with Crippen LogP contribution in [0.25, 0.3) is 0 Å². The van der Waals surface area contributed by atoms with E-state index < -0.39 is 0 Å². The van der Waals surface area contributed by atoms with Gasteiger partial charge in [0.2, 0.25) is 5.91 Å². The average molecular weight is 238 g/mol. The molecule has 2 heterocycles. The summed E-state index contributed by atoms with van der Waals surface area (Å²) in [4.78, 5) is 25.1. The highest BCUT2D eigenvalue weighted by molar-refractivity contribution is 6.39. The quantitative estimate of drug-likeness (QED) is 0.693. The van der Waals surface area contributed by atoms with Crippen LogP contribution in [0, 0.1) is 0 Å². The van der Waals surface area contributed by atoms with Gasteiger partial charge in [-0.1, -0.05) is 0 Å². The first-order chi connectivity index (χ1) is 8.22. The zero-order valence-corrected chi connectivity index (χ0v) is 10.0. The molecule has 1 saturated heterocycles. The number of carbonyl (C=O) groups is 2. The summed E-state index contributed by atoms with van der Waals surface area (Å²) in [6.45, 7) is 4.45. The molecule has 0 saturated carbocycles. The van der Waals surface area contributed by atoms with Crippen LogP contribution in [0.3, 0.4) is 0 Å². The van der Waals surface area contributed by atoms with Crippen molar-refractivity contribution in [3.8, 4) is 0 Å². The summed E-state index contributed by atoms with van der Waals surface area (Å²) < 4.78 is 0. The van der Waals surface area contributed by atoms with Gasteiger partial charge in [-0.05, 0) is 19.9 Å². The Labute approximate surface area is 100 Å². The van der Waals surface area contributed by atoms with E-state index in [-0.39, 0.29) is 17.9 Å². The second-order valence-electron chi connectivity index (χ2n) is 4.33. The molecule has 2 aliphatic heterocycles. The molecule has 94 valence electrons. The Balaban J connectivity index is 2.04. The van der Waals surface area contributed by atoms with E-state index in [1.54, 1.807) is 0 Å². The number of hydrogen-bond acceptors (Lipinski definition) is 4. The number of nitrogens with zero attached hydrogens (tertiary/aromatic N) is 2. The molecule has 2 N–H and O–H groups in total. The highest BCUT2D eigenvalue weighted by Crippen LogP contribution is 2.11. The molecule has 2 aliphatic rings. The monoisotopic (exact) mass is 238 g/mol. The molecular formula is C11H18N4O2. The lowest BCUT2D eigenvalue weighted by molar-refractivity contribution is -0.126. The summed E-state index contributed by atoms with van der Waals surface area (Å²) in [5.41, 5.74) is 2.84. The van der Waals surface area contributed by atoms with E-state index in [0.717, 1.165) is 19.5 Å². The lowest BCUT2D eigenvalue weighted by Gasteiger charge is -2.28. The van der Waals surface area contributed by atoms with Gasteiger partial charge < -0.3 is 10.2 Å². The lowest BCUT2D eigenvalue weighted by atomic mass is 10.1. The molecule has 6 nitrogen and oxygen atoms in total. The van der Waals surface area contributed by atoms with Crippen molar-refractivity contribution in [1.29, 1.82) is 0 Å². The van der Waals surface area contributed by atoms with Crippen LogP contribution in [-0.2, 0) is 9.59 Å². The van der Waals surface area contributed by atoms with Crippen molar-refractivity contribution < 1.29 is 9.59 Å². The molecule has 1 unspecified atom stereocenters. The standard InChI is InChI=1S/C11H18N4O2/c1-2-15(8-5-6-12-7-8)11(17)9-3-4-10(16)14-13-9/h8,12H,2-7H2,1H3,(H,14,16). The minimum Gasteiger partial charge on any atom is -0.334 e. The minimum absolute atomic E-state index is 0.0406. The molecular weight excluding hydrogens is 220 g/mol. The SMILES string of the molecule is CCN(C(=O)C1=NNC(=O)CC1)C1CCNC1. The van der Waals surface area contributed by atoms with Crippen LogP contribution in [0.2, 0.25) is 0 Å². The fourth-order valence-electron chi connectivity index (χ4n) is 2.27. The Hall–Kier alpha value is -1.43. The first-order valence-electron chi connectivity index (χ1n) is 6.09. The van der Waals surface area contributed by atoms with Gasteiger partial charge in [0, 0.05) is 32.0 Å². The third-order valence-corrected chi connectivity index (χ3v) is 3.23. The highest BCUT2D eigenvalue weighted by Gasteiger charge is 2.29. The highest BCUT2D eigenvalue weighted by atomic mass is 16.2. The Morgan fingerprint density at radius 2 is 2.35 bits per heavy atom. The van der Waals surface area contributed by atoms with E-state index in [4.69, 9.17) is 0 Å². The molecule has 0 aromatic rings. The Morgan fingerprint density at radius 1 is 1.53 bits per heavy atom. The predicted octanol–water partition coefficient (Wildman–Crippen LogP) is -0.537. The summed E-state index contributed by atoms with van der Waals surface area (Å²) in [5, 5.41) is 7.10. The van der Waals surface area contributed by atoms with Crippen LogP contribution in [-0.4, -0.2) is 48.1 Å². The van der Waals surface area contributed by atoms with Crippen molar-refractivity contribution in [2.24, 2.45) is 5.10 Å². The summed E-state index contributed by atoms with van der Waals surface area (Å²) >= 11 is 0. The molecule has 0 spiro atoms. The van der Waals surface area contributed by atoms with E-state index in [1.165, 1.54) is 0 Å². The summed E-state index contributed by atoms with van der Waals surface area (Å²) in [7, 11) is 0. The van der Waals surface area contributed by atoms with Gasteiger partial charge in [-0.3, -0.25) is 9.59 Å². The molecule has 1 atom stereocenters. The van der Waals surface area contributed by atoms with E-state index in [2.05, 4.69) is 15.8 Å². The van der Waals surface area contributed by atoms with Crippen molar-refractivity contribution in [2.75, 3.05) is 19.6 Å². The van der Waals surface area contributed by atoms with Gasteiger partial charge in [-0.2, -0.15) is 5.10 Å². The van der Waals surface area contributed by atoms with E-state index in [9.17, 15) is 9.59 Å². The van der Waals surface area contributed by atoms with Crippen molar-refractivity contribution >= 4 is 17.5 Å². The second kappa shape index (κ2) is 5.27. The summed E-state index contributed by atoms with van der Waals surface area (Å²) in [5.74, 6) is -0.159. The van der Waals surface area contributed by atoms with Gasteiger partial charge in [0.25, 0.3) is 5.91 Å². The molecule has 0 bridgehead atoms. The molecule has 0 aromatic carbocycles. The number of likely N-dealkylation sites (N-methyl/N-ethyl adjacent to an activating group) is 1. The number of amides is 2. The number of carbonyl (C=O) groups excluding carboxylic acids is 2. The number of hydrazone groups is 1. The zero-order chi connectivity index (χ0) is 12.3. The fourth-order valence-corrected chi connectivity index (χ4v) is 2.27. The maximum atomic E-state index is 12.2. The normalized spacial score (nSPS) is 24.2. The fraction of sp³-hybridized carbons (Fsp3) is 0.727. The van der Waals surface area contributed by atoms with Crippen LogP contribution in [0.4, 0.5) is 0 Å². The van der Waals surface area contributed by atoms with Crippen molar-refractivity contribution in [3.05, 3.63) is 0 Å². The molecule has 17 heavy (non-hydrogen) atoms. The zero-order valence-electron chi connectivity index (χ0n) is 10.0. The average Bonchev–Trinajstić information content (AvgIpc) is 2.84. The van der Waals surface area contributed by atoms with Crippen molar-refractivity contribution in [1.82, 2.24) is 15.6 Å². The number of hydrogen-bond donors (Lipinski definition) is 2. The molecule has 0 aliphatic carbocycles. The molecule has 0 radical (unpaired) electrons. The van der Waals surface area contributed by atoms with Crippen LogP contribution in [0.5, 0.6) is 0 Å². The Bertz CT molecular complexity index is 347. The molecule has 0 aromatic heterocycles. The van der Waals surface area contributed by atoms with Crippen LogP contribution >= 0.6 is 0 Å². The van der Waals surface area contributed by atoms with Crippen molar-refractivity contribution in [3.63, 3.8) is 0 Å². The smallest absolute Gasteiger partial charge is 0.270 e. The van der Waals surface area contributed by atoms with Gasteiger partial charge in [0.05, 0.1) is 0 Å². The first-order valence-corrected chi connectivity index (χ1v) is 6.09. The first kappa shape index (κ1) is 12.0. The van der Waals surface area contributed by atoms with Crippen molar-refractivity contribution in [2.45, 2.75) is 32.2 Å². The third kappa shape index (κ3) is 2.63. The van der Waals surface area contributed by atoms with Gasteiger partial charge in [0.15, 0.2) is 0 Å². The van der Waals surface area contributed by atoms with Gasteiger partial charge in [-0.25, -0.2) is 5.43 Å². The lowest BCUT2D eigenvalue weighted by Crippen LogP contribution is -2.46. The Kier molecular flexibility index (Phi) is 3.73. The number of rotatable bonds is 3. The Morgan fingerprint density at radius 3 is 2.88 bits per heavy atom. The van der Waals surface area contributed by atoms with Gasteiger partial charge >= 0.3 is 0 Å². The summed E-state index contributed by atoms with van der Waals surface area (Å²) in [6.07, 6.45) is 1.78. The topological polar surface area (TPSA) is 73.8 Å². The van der Waals surface area contributed by atoms with E-state index in [0.29, 0.717) is 25.1 Å². The maximum Gasteiger partial charge on any atom is 0.270 e. The number of nitrogens with one attached hydrogen (secondary N) is 2. The van der Waals surface area contributed by atoms with Gasteiger partial charge in [0.1, 0.15) is 5.71 Å². The molecule has 2 amide bonds. The van der Waals surface area contributed by atoms with E-state index in [1.807, 2.05) is 11.8 Å². The summed E-state index contributed by atoms with van der Waals surface area (Å²) in [6, 6.07) is 0.257. The van der Waals surface area contributed by atoms with Gasteiger partial charge in [-0.15, -0.1) is 0 Å². The van der Waals surface area contributed by atoms with E-state index >= 15 is 0 Å². The van der Waals surface area contributed by atoms with Crippen LogP contribution in [0.15, 0.2) is 5.10 Å². The van der Waals surface area contributed by atoms with Crippen LogP contribution in [0.1, 0.15) is 26.2 Å². The molecule has 6 heteroatoms. The second-order valence-corrected chi connectivity index (χ2v) is 4.33. The minimum atomic E-state index is -0.118. The largest absolute Gasteiger partial charge is 0.334 e. The van der Waals surface area contributed by atoms with Crippen LogP contribution < -0.4 is 10.7 Å². The molecule has 1 fully saturated rings.